The first kappa shape index (κ1) is 10.2. The molecule has 1 saturated carbocycles. The van der Waals surface area contributed by atoms with Crippen molar-refractivity contribution in [1.82, 2.24) is 0 Å². The molecular formula is C10H16O3. The molecule has 1 aliphatic rings. The van der Waals surface area contributed by atoms with Crippen LogP contribution < -0.4 is 0 Å². The van der Waals surface area contributed by atoms with Crippen molar-refractivity contribution in [2.24, 2.45) is 17.8 Å². The van der Waals surface area contributed by atoms with E-state index in [4.69, 9.17) is 5.11 Å². The first-order valence-electron chi connectivity index (χ1n) is 4.78. The summed E-state index contributed by atoms with van der Waals surface area (Å²) in [4.78, 5) is 21.9. The van der Waals surface area contributed by atoms with Crippen LogP contribution in [-0.4, -0.2) is 16.9 Å². The molecule has 1 N–H and O–H groups in total. The summed E-state index contributed by atoms with van der Waals surface area (Å²) in [5.41, 5.74) is 0. The maximum absolute atomic E-state index is 11.3. The maximum atomic E-state index is 11.3. The Morgan fingerprint density at radius 2 is 2.31 bits per heavy atom. The second-order valence-corrected chi connectivity index (χ2v) is 4.06. The first-order chi connectivity index (χ1) is 6.02. The van der Waals surface area contributed by atoms with Gasteiger partial charge in [-0.1, -0.05) is 13.8 Å². The minimum atomic E-state index is -0.799. The second kappa shape index (κ2) is 3.90. The lowest BCUT2D eigenvalue weighted by Gasteiger charge is -2.15. The Hall–Kier alpha value is -0.860. The molecule has 0 aliphatic heterocycles. The van der Waals surface area contributed by atoms with Crippen LogP contribution >= 0.6 is 0 Å². The number of ketones is 1. The molecule has 1 fully saturated rings. The molecular weight excluding hydrogens is 168 g/mol. The molecule has 0 saturated heterocycles. The molecule has 0 amide bonds. The summed E-state index contributed by atoms with van der Waals surface area (Å²) in [6.45, 7) is 3.70. The van der Waals surface area contributed by atoms with Crippen molar-refractivity contribution in [2.45, 2.75) is 33.1 Å². The molecule has 3 heteroatoms. The number of hydrogen-bond donors (Lipinski definition) is 1. The number of Topliss-reactive ketones (excluding diaryl/α,β-unsaturated/α-hetero) is 1. The zero-order chi connectivity index (χ0) is 10.0. The van der Waals surface area contributed by atoms with Crippen LogP contribution in [0.25, 0.3) is 0 Å². The molecule has 0 heterocycles. The second-order valence-electron chi connectivity index (χ2n) is 4.06. The van der Waals surface area contributed by atoms with Gasteiger partial charge < -0.3 is 5.11 Å². The molecule has 0 spiro atoms. The summed E-state index contributed by atoms with van der Waals surface area (Å²) < 4.78 is 0. The fourth-order valence-corrected chi connectivity index (χ4v) is 1.92. The van der Waals surface area contributed by atoms with Crippen molar-refractivity contribution in [3.8, 4) is 0 Å². The van der Waals surface area contributed by atoms with E-state index in [2.05, 4.69) is 0 Å². The molecule has 0 aromatic heterocycles. The highest BCUT2D eigenvalue weighted by Gasteiger charge is 2.33. The van der Waals surface area contributed by atoms with Crippen LogP contribution in [0.4, 0.5) is 0 Å². The van der Waals surface area contributed by atoms with E-state index in [1.165, 1.54) is 0 Å². The summed E-state index contributed by atoms with van der Waals surface area (Å²) in [5.74, 6) is -0.581. The van der Waals surface area contributed by atoms with Crippen molar-refractivity contribution in [2.75, 3.05) is 0 Å². The number of rotatable bonds is 3. The molecule has 13 heavy (non-hydrogen) atoms. The molecule has 0 radical (unpaired) electrons. The number of carbonyl (C=O) groups is 2. The van der Waals surface area contributed by atoms with Crippen LogP contribution in [0.15, 0.2) is 0 Å². The lowest BCUT2D eigenvalue weighted by molar-refractivity contribution is -0.142. The Kier molecular flexibility index (Phi) is 3.07. The van der Waals surface area contributed by atoms with Crippen LogP contribution in [0.5, 0.6) is 0 Å². The molecule has 0 aromatic carbocycles. The van der Waals surface area contributed by atoms with Gasteiger partial charge >= 0.3 is 5.97 Å². The predicted octanol–water partition coefficient (Wildman–Crippen LogP) is 1.71. The quantitative estimate of drug-likeness (QED) is 0.726. The highest BCUT2D eigenvalue weighted by atomic mass is 16.4. The maximum Gasteiger partial charge on any atom is 0.306 e. The molecule has 0 aromatic rings. The van der Waals surface area contributed by atoms with E-state index >= 15 is 0 Å². The molecule has 74 valence electrons. The topological polar surface area (TPSA) is 54.4 Å². The average Bonchev–Trinajstić information content (AvgIpc) is 2.35. The van der Waals surface area contributed by atoms with Crippen molar-refractivity contribution in [1.29, 1.82) is 0 Å². The molecule has 1 rings (SSSR count). The van der Waals surface area contributed by atoms with Gasteiger partial charge in [-0.15, -0.1) is 0 Å². The zero-order valence-corrected chi connectivity index (χ0v) is 8.12. The third kappa shape index (κ3) is 2.29. The van der Waals surface area contributed by atoms with Gasteiger partial charge in [0.25, 0.3) is 0 Å². The van der Waals surface area contributed by atoms with Gasteiger partial charge in [0, 0.05) is 12.3 Å². The van der Waals surface area contributed by atoms with Crippen LogP contribution in [0.3, 0.4) is 0 Å². The van der Waals surface area contributed by atoms with Gasteiger partial charge in [-0.25, -0.2) is 0 Å². The van der Waals surface area contributed by atoms with Crippen LogP contribution in [0.2, 0.25) is 0 Å². The van der Waals surface area contributed by atoms with E-state index in [1.807, 2.05) is 6.92 Å². The fourth-order valence-electron chi connectivity index (χ4n) is 1.92. The molecule has 3 nitrogen and oxygen atoms in total. The molecule has 3 unspecified atom stereocenters. The molecule has 1 aliphatic carbocycles. The first-order valence-corrected chi connectivity index (χ1v) is 4.78. The predicted molar refractivity (Wildman–Crippen MR) is 48.3 cm³/mol. The SMILES string of the molecule is CC(CC1C(=O)CCC1C)C(=O)O. The van der Waals surface area contributed by atoms with Gasteiger partial charge in [0.2, 0.25) is 0 Å². The number of carboxylic acid groups (broad SMARTS) is 1. The van der Waals surface area contributed by atoms with Crippen LogP contribution in [0, 0.1) is 17.8 Å². The third-order valence-electron chi connectivity index (χ3n) is 2.98. The summed E-state index contributed by atoms with van der Waals surface area (Å²) >= 11 is 0. The van der Waals surface area contributed by atoms with Crippen molar-refractivity contribution < 1.29 is 14.7 Å². The molecule has 3 atom stereocenters. The van der Waals surface area contributed by atoms with E-state index in [9.17, 15) is 9.59 Å². The summed E-state index contributed by atoms with van der Waals surface area (Å²) in [6.07, 6.45) is 2.07. The Morgan fingerprint density at radius 3 is 2.69 bits per heavy atom. The van der Waals surface area contributed by atoms with Gasteiger partial charge in [-0.3, -0.25) is 9.59 Å². The Bertz CT molecular complexity index is 222. The summed E-state index contributed by atoms with van der Waals surface area (Å²) in [7, 11) is 0. The van der Waals surface area contributed by atoms with Gasteiger partial charge in [-0.05, 0) is 18.8 Å². The van der Waals surface area contributed by atoms with Crippen molar-refractivity contribution >= 4 is 11.8 Å². The molecule has 0 bridgehead atoms. The fraction of sp³-hybridized carbons (Fsp3) is 0.800. The van der Waals surface area contributed by atoms with Crippen LogP contribution in [-0.2, 0) is 9.59 Å². The van der Waals surface area contributed by atoms with Gasteiger partial charge in [0.05, 0.1) is 5.92 Å². The van der Waals surface area contributed by atoms with Crippen molar-refractivity contribution in [3.05, 3.63) is 0 Å². The third-order valence-corrected chi connectivity index (χ3v) is 2.98. The van der Waals surface area contributed by atoms with E-state index in [0.717, 1.165) is 6.42 Å². The number of aliphatic carboxylic acids is 1. The average molecular weight is 184 g/mol. The van der Waals surface area contributed by atoms with Gasteiger partial charge in [0.15, 0.2) is 0 Å². The van der Waals surface area contributed by atoms with Crippen LogP contribution in [0.1, 0.15) is 33.1 Å². The largest absolute Gasteiger partial charge is 0.481 e. The number of carbonyl (C=O) groups excluding carboxylic acids is 1. The minimum absolute atomic E-state index is 0.00824. The van der Waals surface area contributed by atoms with Crippen molar-refractivity contribution in [3.63, 3.8) is 0 Å². The summed E-state index contributed by atoms with van der Waals surface area (Å²) in [5, 5.41) is 8.70. The Morgan fingerprint density at radius 1 is 1.69 bits per heavy atom. The smallest absolute Gasteiger partial charge is 0.306 e. The van der Waals surface area contributed by atoms with E-state index < -0.39 is 11.9 Å². The summed E-state index contributed by atoms with van der Waals surface area (Å²) in [6, 6.07) is 0. The lowest BCUT2D eigenvalue weighted by atomic mass is 9.88. The Labute approximate surface area is 78.1 Å². The normalized spacial score (nSPS) is 30.5. The van der Waals surface area contributed by atoms with E-state index in [1.54, 1.807) is 6.92 Å². The minimum Gasteiger partial charge on any atom is -0.481 e. The highest BCUT2D eigenvalue weighted by molar-refractivity contribution is 5.84. The number of carboxylic acids is 1. The van der Waals surface area contributed by atoms with E-state index in [0.29, 0.717) is 18.8 Å². The standard InChI is InChI=1S/C10H16O3/c1-6-3-4-9(11)8(6)5-7(2)10(12)13/h6-8H,3-5H2,1-2H3,(H,12,13). The number of hydrogen-bond acceptors (Lipinski definition) is 2. The van der Waals surface area contributed by atoms with Gasteiger partial charge in [0.1, 0.15) is 5.78 Å². The lowest BCUT2D eigenvalue weighted by Crippen LogP contribution is -2.20. The van der Waals surface area contributed by atoms with Gasteiger partial charge in [-0.2, -0.15) is 0 Å². The highest BCUT2D eigenvalue weighted by Crippen LogP contribution is 2.32. The monoisotopic (exact) mass is 184 g/mol. The van der Waals surface area contributed by atoms with E-state index in [-0.39, 0.29) is 11.7 Å². The zero-order valence-electron chi connectivity index (χ0n) is 8.12. The Balaban J connectivity index is 2.52.